The third kappa shape index (κ3) is 5.03. The first-order valence-electron chi connectivity index (χ1n) is 9.39. The van der Waals surface area contributed by atoms with Gasteiger partial charge in [0.25, 0.3) is 5.91 Å². The predicted octanol–water partition coefficient (Wildman–Crippen LogP) is 4.65. The summed E-state index contributed by atoms with van der Waals surface area (Å²) >= 11 is 1.35. The number of carbonyl (C=O) groups excluding carboxylic acids is 1. The number of hydrogen-bond donors (Lipinski definition) is 1. The molecule has 0 fully saturated rings. The molecule has 0 spiro atoms. The highest BCUT2D eigenvalue weighted by molar-refractivity contribution is 7.14. The molecule has 0 radical (unpaired) electrons. The molecule has 3 rings (SSSR count). The smallest absolute Gasteiger partial charge is 0.257 e. The third-order valence-electron chi connectivity index (χ3n) is 3.85. The zero-order chi connectivity index (χ0) is 20.6. The number of ether oxygens (including phenoxy) is 3. The molecular formula is C21H23N3O4S. The summed E-state index contributed by atoms with van der Waals surface area (Å²) in [4.78, 5) is 21.4. The molecule has 2 heterocycles. The van der Waals surface area contributed by atoms with E-state index < -0.39 is 0 Å². The van der Waals surface area contributed by atoms with E-state index in [0.29, 0.717) is 47.8 Å². The zero-order valence-electron chi connectivity index (χ0n) is 16.6. The van der Waals surface area contributed by atoms with Gasteiger partial charge in [-0.3, -0.25) is 15.1 Å². The van der Waals surface area contributed by atoms with Crippen LogP contribution in [0.4, 0.5) is 5.13 Å². The molecule has 152 valence electrons. The standard InChI is InChI=1S/C21H23N3O4S/c1-4-26-17-10-15(11-18(27-5-2)19(17)28-6-3)20(25)24-21-23-16(13-29-21)14-8-7-9-22-12-14/h7-13H,4-6H2,1-3H3,(H,23,24,25). The Balaban J connectivity index is 1.85. The van der Waals surface area contributed by atoms with Crippen LogP contribution >= 0.6 is 11.3 Å². The van der Waals surface area contributed by atoms with Crippen LogP contribution in [0.25, 0.3) is 11.3 Å². The second-order valence-electron chi connectivity index (χ2n) is 5.83. The molecule has 1 aromatic carbocycles. The molecule has 1 amide bonds. The van der Waals surface area contributed by atoms with Crippen LogP contribution in [-0.2, 0) is 0 Å². The van der Waals surface area contributed by atoms with Gasteiger partial charge in [0, 0.05) is 28.9 Å². The number of nitrogens with one attached hydrogen (secondary N) is 1. The Labute approximate surface area is 173 Å². The van der Waals surface area contributed by atoms with Crippen LogP contribution in [0, 0.1) is 0 Å². The summed E-state index contributed by atoms with van der Waals surface area (Å²) in [5.41, 5.74) is 2.05. The molecule has 1 N–H and O–H groups in total. The van der Waals surface area contributed by atoms with Gasteiger partial charge in [-0.2, -0.15) is 0 Å². The fourth-order valence-electron chi connectivity index (χ4n) is 2.67. The van der Waals surface area contributed by atoms with Crippen molar-refractivity contribution in [1.29, 1.82) is 0 Å². The molecular weight excluding hydrogens is 390 g/mol. The van der Waals surface area contributed by atoms with E-state index in [4.69, 9.17) is 14.2 Å². The Bertz CT molecular complexity index is 933. The van der Waals surface area contributed by atoms with E-state index in [2.05, 4.69) is 15.3 Å². The molecule has 0 bridgehead atoms. The number of pyridine rings is 1. The van der Waals surface area contributed by atoms with Crippen molar-refractivity contribution >= 4 is 22.4 Å². The fourth-order valence-corrected chi connectivity index (χ4v) is 3.38. The summed E-state index contributed by atoms with van der Waals surface area (Å²) in [5.74, 6) is 1.14. The molecule has 0 aliphatic rings. The Morgan fingerprint density at radius 1 is 1.07 bits per heavy atom. The van der Waals surface area contributed by atoms with Crippen molar-refractivity contribution in [3.8, 4) is 28.5 Å². The van der Waals surface area contributed by atoms with Crippen molar-refractivity contribution in [3.63, 3.8) is 0 Å². The molecule has 0 unspecified atom stereocenters. The van der Waals surface area contributed by atoms with Gasteiger partial charge in [-0.25, -0.2) is 4.98 Å². The highest BCUT2D eigenvalue weighted by Gasteiger charge is 2.19. The lowest BCUT2D eigenvalue weighted by molar-refractivity contribution is 0.102. The molecule has 0 saturated carbocycles. The Morgan fingerprint density at radius 3 is 2.34 bits per heavy atom. The minimum atomic E-state index is -0.304. The summed E-state index contributed by atoms with van der Waals surface area (Å²) in [6.07, 6.45) is 3.44. The van der Waals surface area contributed by atoms with E-state index in [1.54, 1.807) is 24.5 Å². The molecule has 8 heteroatoms. The van der Waals surface area contributed by atoms with Crippen LogP contribution in [0.3, 0.4) is 0 Å². The van der Waals surface area contributed by atoms with Crippen LogP contribution < -0.4 is 19.5 Å². The van der Waals surface area contributed by atoms with Crippen molar-refractivity contribution in [2.75, 3.05) is 25.1 Å². The number of rotatable bonds is 9. The van der Waals surface area contributed by atoms with Gasteiger partial charge in [0.15, 0.2) is 16.6 Å². The molecule has 0 aliphatic carbocycles. The second-order valence-corrected chi connectivity index (χ2v) is 6.69. The highest BCUT2D eigenvalue weighted by atomic mass is 32.1. The zero-order valence-corrected chi connectivity index (χ0v) is 17.4. The van der Waals surface area contributed by atoms with E-state index in [1.807, 2.05) is 38.3 Å². The number of benzene rings is 1. The van der Waals surface area contributed by atoms with E-state index >= 15 is 0 Å². The van der Waals surface area contributed by atoms with Crippen molar-refractivity contribution in [1.82, 2.24) is 9.97 Å². The Hall–Kier alpha value is -3.13. The monoisotopic (exact) mass is 413 g/mol. The number of carbonyl (C=O) groups is 1. The SMILES string of the molecule is CCOc1cc(C(=O)Nc2nc(-c3cccnc3)cs2)cc(OCC)c1OCC. The molecule has 29 heavy (non-hydrogen) atoms. The van der Waals surface area contributed by atoms with E-state index in [0.717, 1.165) is 11.3 Å². The maximum Gasteiger partial charge on any atom is 0.257 e. The van der Waals surface area contributed by atoms with Gasteiger partial charge >= 0.3 is 0 Å². The predicted molar refractivity (Wildman–Crippen MR) is 113 cm³/mol. The minimum Gasteiger partial charge on any atom is -0.490 e. The van der Waals surface area contributed by atoms with Crippen molar-refractivity contribution in [2.24, 2.45) is 0 Å². The molecule has 3 aromatic rings. The summed E-state index contributed by atoms with van der Waals surface area (Å²) in [6, 6.07) is 7.07. The summed E-state index contributed by atoms with van der Waals surface area (Å²) in [7, 11) is 0. The minimum absolute atomic E-state index is 0.304. The maximum absolute atomic E-state index is 12.8. The lowest BCUT2D eigenvalue weighted by atomic mass is 10.1. The summed E-state index contributed by atoms with van der Waals surface area (Å²) < 4.78 is 17.0. The van der Waals surface area contributed by atoms with Gasteiger partial charge in [-0.15, -0.1) is 11.3 Å². The van der Waals surface area contributed by atoms with Crippen molar-refractivity contribution < 1.29 is 19.0 Å². The topological polar surface area (TPSA) is 82.6 Å². The molecule has 7 nitrogen and oxygen atoms in total. The quantitative estimate of drug-likeness (QED) is 0.550. The Morgan fingerprint density at radius 2 is 1.76 bits per heavy atom. The average Bonchev–Trinajstić information content (AvgIpc) is 3.19. The molecule has 0 atom stereocenters. The first kappa shape index (κ1) is 20.6. The molecule has 0 aliphatic heterocycles. The average molecular weight is 413 g/mol. The normalized spacial score (nSPS) is 10.4. The van der Waals surface area contributed by atoms with Gasteiger partial charge in [0.1, 0.15) is 0 Å². The van der Waals surface area contributed by atoms with Crippen LogP contribution in [0.15, 0.2) is 42.0 Å². The number of hydrogen-bond acceptors (Lipinski definition) is 7. The fraction of sp³-hybridized carbons (Fsp3) is 0.286. The second kappa shape index (κ2) is 9.88. The number of nitrogens with zero attached hydrogens (tertiary/aromatic N) is 2. The van der Waals surface area contributed by atoms with Crippen LogP contribution in [0.5, 0.6) is 17.2 Å². The van der Waals surface area contributed by atoms with Crippen LogP contribution in [0.1, 0.15) is 31.1 Å². The Kier molecular flexibility index (Phi) is 7.02. The number of aromatic nitrogens is 2. The molecule has 0 saturated heterocycles. The van der Waals surface area contributed by atoms with Gasteiger partial charge in [-0.1, -0.05) is 0 Å². The lowest BCUT2D eigenvalue weighted by Gasteiger charge is -2.16. The molecule has 2 aromatic heterocycles. The first-order valence-corrected chi connectivity index (χ1v) is 10.3. The number of amides is 1. The van der Waals surface area contributed by atoms with Gasteiger partial charge in [-0.05, 0) is 45.0 Å². The van der Waals surface area contributed by atoms with Gasteiger partial charge < -0.3 is 14.2 Å². The van der Waals surface area contributed by atoms with Crippen molar-refractivity contribution in [2.45, 2.75) is 20.8 Å². The van der Waals surface area contributed by atoms with Gasteiger partial charge in [0.05, 0.1) is 25.5 Å². The number of anilines is 1. The summed E-state index contributed by atoms with van der Waals surface area (Å²) in [5, 5.41) is 5.21. The van der Waals surface area contributed by atoms with Crippen molar-refractivity contribution in [3.05, 3.63) is 47.6 Å². The van der Waals surface area contributed by atoms with Crippen LogP contribution in [0.2, 0.25) is 0 Å². The van der Waals surface area contributed by atoms with Crippen LogP contribution in [-0.4, -0.2) is 35.7 Å². The largest absolute Gasteiger partial charge is 0.490 e. The summed E-state index contributed by atoms with van der Waals surface area (Å²) in [6.45, 7) is 6.97. The first-order chi connectivity index (χ1) is 14.2. The van der Waals surface area contributed by atoms with E-state index in [1.165, 1.54) is 11.3 Å². The maximum atomic E-state index is 12.8. The highest BCUT2D eigenvalue weighted by Crippen LogP contribution is 2.39. The van der Waals surface area contributed by atoms with E-state index in [9.17, 15) is 4.79 Å². The lowest BCUT2D eigenvalue weighted by Crippen LogP contribution is -2.13. The van der Waals surface area contributed by atoms with E-state index in [-0.39, 0.29) is 5.91 Å². The third-order valence-corrected chi connectivity index (χ3v) is 4.61. The van der Waals surface area contributed by atoms with Gasteiger partial charge in [0.2, 0.25) is 5.75 Å². The number of thiazole rings is 1.